The number of piperidine rings is 1. The first-order valence-corrected chi connectivity index (χ1v) is 10.4. The van der Waals surface area contributed by atoms with Crippen molar-refractivity contribution in [1.82, 2.24) is 14.5 Å². The van der Waals surface area contributed by atoms with Gasteiger partial charge < -0.3 is 14.8 Å². The van der Waals surface area contributed by atoms with Crippen LogP contribution < -0.4 is 10.9 Å². The number of amides is 2. The highest BCUT2D eigenvalue weighted by Gasteiger charge is 2.37. The van der Waals surface area contributed by atoms with Crippen LogP contribution in [0.2, 0.25) is 0 Å². The average molecular weight is 414 g/mol. The molecule has 1 aromatic carbocycles. The average Bonchev–Trinajstić information content (AvgIpc) is 2.81. The van der Waals surface area contributed by atoms with Crippen molar-refractivity contribution < 1.29 is 9.59 Å². The highest BCUT2D eigenvalue weighted by atomic mass is 16.2. The Morgan fingerprint density at radius 2 is 1.74 bits per heavy atom. The van der Waals surface area contributed by atoms with Gasteiger partial charge >= 0.3 is 0 Å². The van der Waals surface area contributed by atoms with Crippen LogP contribution in [0, 0.1) is 5.92 Å². The number of anilines is 1. The molecular formula is C24H22N4O3. The second-order valence-electron chi connectivity index (χ2n) is 8.13. The van der Waals surface area contributed by atoms with E-state index in [-0.39, 0.29) is 34.9 Å². The molecule has 2 aromatic heterocycles. The van der Waals surface area contributed by atoms with Gasteiger partial charge in [-0.15, -0.1) is 0 Å². The minimum atomic E-state index is -0.304. The van der Waals surface area contributed by atoms with E-state index in [1.807, 2.05) is 23.1 Å². The third kappa shape index (κ3) is 3.63. The first-order valence-electron chi connectivity index (χ1n) is 10.4. The SMILES string of the molecule is O=C(Nc1ccc2n(c1=O)C[C@H]1C[C@@H]2CN(C(=O)c2ccccn2)C1)c1ccccc1. The molecule has 1 N–H and O–H groups in total. The maximum Gasteiger partial charge on any atom is 0.274 e. The Bertz CT molecular complexity index is 1190. The molecule has 0 saturated carbocycles. The Kier molecular flexibility index (Phi) is 4.86. The molecule has 0 spiro atoms. The van der Waals surface area contributed by atoms with Crippen LogP contribution >= 0.6 is 0 Å². The number of pyridine rings is 2. The van der Waals surface area contributed by atoms with Crippen LogP contribution in [0.3, 0.4) is 0 Å². The van der Waals surface area contributed by atoms with Gasteiger partial charge in [-0.2, -0.15) is 0 Å². The Morgan fingerprint density at radius 1 is 0.935 bits per heavy atom. The van der Waals surface area contributed by atoms with Crippen molar-refractivity contribution in [2.75, 3.05) is 18.4 Å². The van der Waals surface area contributed by atoms with E-state index in [2.05, 4.69) is 10.3 Å². The van der Waals surface area contributed by atoms with Crippen molar-refractivity contribution in [3.8, 4) is 0 Å². The van der Waals surface area contributed by atoms with Gasteiger partial charge in [0.1, 0.15) is 11.4 Å². The van der Waals surface area contributed by atoms with Crippen LogP contribution in [-0.4, -0.2) is 39.4 Å². The summed E-state index contributed by atoms with van der Waals surface area (Å²) in [5, 5.41) is 2.75. The predicted molar refractivity (Wildman–Crippen MR) is 116 cm³/mol. The van der Waals surface area contributed by atoms with E-state index in [0.29, 0.717) is 30.9 Å². The summed E-state index contributed by atoms with van der Waals surface area (Å²) in [7, 11) is 0. The zero-order valence-electron chi connectivity index (χ0n) is 16.9. The summed E-state index contributed by atoms with van der Waals surface area (Å²) in [5.74, 6) is -0.0948. The third-order valence-electron chi connectivity index (χ3n) is 6.06. The monoisotopic (exact) mass is 414 g/mol. The largest absolute Gasteiger partial charge is 0.336 e. The highest BCUT2D eigenvalue weighted by molar-refractivity contribution is 6.04. The van der Waals surface area contributed by atoms with Crippen LogP contribution in [-0.2, 0) is 6.54 Å². The number of aromatic nitrogens is 2. The molecule has 7 nitrogen and oxygen atoms in total. The fourth-order valence-corrected chi connectivity index (χ4v) is 4.64. The molecule has 31 heavy (non-hydrogen) atoms. The van der Waals surface area contributed by atoms with E-state index in [1.165, 1.54) is 0 Å². The van der Waals surface area contributed by atoms with Gasteiger partial charge in [0.15, 0.2) is 0 Å². The molecule has 3 aromatic rings. The molecule has 0 aliphatic carbocycles. The second-order valence-corrected chi connectivity index (χ2v) is 8.13. The van der Waals surface area contributed by atoms with Gasteiger partial charge in [-0.3, -0.25) is 19.4 Å². The highest BCUT2D eigenvalue weighted by Crippen LogP contribution is 2.35. The molecule has 2 bridgehead atoms. The van der Waals surface area contributed by atoms with Crippen LogP contribution in [0.25, 0.3) is 0 Å². The van der Waals surface area contributed by atoms with Gasteiger partial charge in [0.05, 0.1) is 0 Å². The molecule has 0 unspecified atom stereocenters. The van der Waals surface area contributed by atoms with Crippen LogP contribution in [0.15, 0.2) is 71.7 Å². The smallest absolute Gasteiger partial charge is 0.274 e. The standard InChI is InChI=1S/C24H22N4O3/c29-22(17-6-2-1-3-7-17)26-20-9-10-21-18-12-16(14-28(21)24(20)31)13-27(15-18)23(30)19-8-4-5-11-25-19/h1-11,16,18H,12-15H2,(H,26,29)/t16-,18+/m0/s1. The predicted octanol–water partition coefficient (Wildman–Crippen LogP) is 2.76. The Balaban J connectivity index is 1.39. The van der Waals surface area contributed by atoms with Crippen LogP contribution in [0.4, 0.5) is 5.69 Å². The molecule has 2 atom stereocenters. The fraction of sp³-hybridized carbons (Fsp3) is 0.250. The molecule has 156 valence electrons. The molecule has 2 amide bonds. The number of nitrogens with one attached hydrogen (secondary N) is 1. The van der Waals surface area contributed by atoms with Gasteiger partial charge in [0, 0.05) is 43.0 Å². The van der Waals surface area contributed by atoms with Crippen molar-refractivity contribution in [1.29, 1.82) is 0 Å². The molecule has 0 radical (unpaired) electrons. The first kappa shape index (κ1) is 19.2. The quantitative estimate of drug-likeness (QED) is 0.714. The number of hydrogen-bond acceptors (Lipinski definition) is 4. The summed E-state index contributed by atoms with van der Waals surface area (Å²) < 4.78 is 1.77. The van der Waals surface area contributed by atoms with Crippen molar-refractivity contribution >= 4 is 17.5 Å². The zero-order valence-corrected chi connectivity index (χ0v) is 16.9. The molecule has 5 rings (SSSR count). The van der Waals surface area contributed by atoms with E-state index < -0.39 is 0 Å². The molecule has 1 fully saturated rings. The van der Waals surface area contributed by atoms with E-state index >= 15 is 0 Å². The normalized spacial score (nSPS) is 19.4. The lowest BCUT2D eigenvalue weighted by Crippen LogP contribution is -2.49. The van der Waals surface area contributed by atoms with Gasteiger partial charge in [-0.25, -0.2) is 0 Å². The number of carbonyl (C=O) groups excluding carboxylic acids is 2. The Labute approximate surface area is 179 Å². The maximum atomic E-state index is 13.1. The van der Waals surface area contributed by atoms with Gasteiger partial charge in [0.2, 0.25) is 0 Å². The lowest BCUT2D eigenvalue weighted by molar-refractivity contribution is 0.0588. The summed E-state index contributed by atoms with van der Waals surface area (Å²) >= 11 is 0. The van der Waals surface area contributed by atoms with E-state index in [9.17, 15) is 14.4 Å². The van der Waals surface area contributed by atoms with Gasteiger partial charge in [-0.1, -0.05) is 24.3 Å². The summed E-state index contributed by atoms with van der Waals surface area (Å²) in [6, 6.07) is 17.7. The van der Waals surface area contributed by atoms with Gasteiger partial charge in [-0.05, 0) is 48.7 Å². The van der Waals surface area contributed by atoms with Crippen LogP contribution in [0.1, 0.15) is 38.9 Å². The van der Waals surface area contributed by atoms with Gasteiger partial charge in [0.25, 0.3) is 17.4 Å². The summed E-state index contributed by atoms with van der Waals surface area (Å²) in [6.45, 7) is 1.69. The third-order valence-corrected chi connectivity index (χ3v) is 6.06. The summed E-state index contributed by atoms with van der Waals surface area (Å²) in [4.78, 5) is 44.5. The number of carbonyl (C=O) groups is 2. The minimum Gasteiger partial charge on any atom is -0.336 e. The summed E-state index contributed by atoms with van der Waals surface area (Å²) in [5.41, 5.74) is 1.95. The van der Waals surface area contributed by atoms with E-state index in [0.717, 1.165) is 12.1 Å². The van der Waals surface area contributed by atoms with Crippen molar-refractivity contribution in [3.05, 3.63) is 94.2 Å². The number of rotatable bonds is 3. The van der Waals surface area contributed by atoms with Crippen LogP contribution in [0.5, 0.6) is 0 Å². The topological polar surface area (TPSA) is 84.3 Å². The lowest BCUT2D eigenvalue weighted by Gasteiger charge is -2.42. The van der Waals surface area contributed by atoms with Crippen molar-refractivity contribution in [2.24, 2.45) is 5.92 Å². The number of hydrogen-bond donors (Lipinski definition) is 1. The molecular weight excluding hydrogens is 392 g/mol. The zero-order chi connectivity index (χ0) is 21.4. The minimum absolute atomic E-state index is 0.0714. The maximum absolute atomic E-state index is 13.1. The van der Waals surface area contributed by atoms with Crippen molar-refractivity contribution in [2.45, 2.75) is 18.9 Å². The Morgan fingerprint density at radius 3 is 2.52 bits per heavy atom. The molecule has 2 aliphatic rings. The van der Waals surface area contributed by atoms with E-state index in [4.69, 9.17) is 0 Å². The fourth-order valence-electron chi connectivity index (χ4n) is 4.64. The molecule has 4 heterocycles. The second kappa shape index (κ2) is 7.83. The first-order chi connectivity index (χ1) is 15.1. The lowest BCUT2D eigenvalue weighted by atomic mass is 9.83. The van der Waals surface area contributed by atoms with E-state index in [1.54, 1.807) is 53.2 Å². The van der Waals surface area contributed by atoms with Crippen molar-refractivity contribution in [3.63, 3.8) is 0 Å². The molecule has 2 aliphatic heterocycles. The number of benzene rings is 1. The molecule has 1 saturated heterocycles. The number of fused-ring (bicyclic) bond motifs is 4. The number of nitrogens with zero attached hydrogens (tertiary/aromatic N) is 3. The number of likely N-dealkylation sites (tertiary alicyclic amines) is 1. The Hall–Kier alpha value is -3.74. The molecule has 7 heteroatoms. The summed E-state index contributed by atoms with van der Waals surface area (Å²) in [6.07, 6.45) is 2.57.